The zero-order valence-corrected chi connectivity index (χ0v) is 14.2. The molecular formula is C20H28N2O. The minimum Gasteiger partial charge on any atom is -0.494 e. The molecule has 0 aliphatic rings. The summed E-state index contributed by atoms with van der Waals surface area (Å²) in [5.41, 5.74) is 8.40. The average Bonchev–Trinajstić information content (AvgIpc) is 2.61. The summed E-state index contributed by atoms with van der Waals surface area (Å²) in [5.74, 6) is 0.933. The lowest BCUT2D eigenvalue weighted by molar-refractivity contribution is 0.306. The van der Waals surface area contributed by atoms with E-state index >= 15 is 0 Å². The Balaban J connectivity index is 2.01. The lowest BCUT2D eigenvalue weighted by Crippen LogP contribution is -2.30. The van der Waals surface area contributed by atoms with Crippen molar-refractivity contribution in [2.75, 3.05) is 25.1 Å². The minimum absolute atomic E-state index is 0.159. The number of rotatable bonds is 9. The van der Waals surface area contributed by atoms with Crippen molar-refractivity contribution in [3.8, 4) is 5.75 Å². The van der Waals surface area contributed by atoms with Crippen LogP contribution in [0.2, 0.25) is 0 Å². The summed E-state index contributed by atoms with van der Waals surface area (Å²) >= 11 is 0. The van der Waals surface area contributed by atoms with Crippen molar-refractivity contribution in [1.29, 1.82) is 0 Å². The van der Waals surface area contributed by atoms with Crippen LogP contribution in [0, 0.1) is 0 Å². The van der Waals surface area contributed by atoms with Crippen molar-refractivity contribution in [3.63, 3.8) is 0 Å². The molecule has 2 aromatic carbocycles. The Morgan fingerprint density at radius 2 is 1.70 bits per heavy atom. The molecule has 2 N–H and O–H groups in total. The van der Waals surface area contributed by atoms with Gasteiger partial charge in [0.05, 0.1) is 12.6 Å². The van der Waals surface area contributed by atoms with Crippen LogP contribution in [-0.2, 0) is 0 Å². The number of benzene rings is 2. The standard InChI is InChI=1S/C20H28N2O/c1-3-4-8-15-23-19-13-11-17(12-14-19)20(16-21)22(2)18-9-6-5-7-10-18/h5-7,9-14,20H,3-4,8,15-16,21H2,1-2H3. The van der Waals surface area contributed by atoms with Gasteiger partial charge >= 0.3 is 0 Å². The van der Waals surface area contributed by atoms with Gasteiger partial charge in [0.1, 0.15) is 5.75 Å². The Bertz CT molecular complexity index is 554. The number of likely N-dealkylation sites (N-methyl/N-ethyl adjacent to an activating group) is 1. The van der Waals surface area contributed by atoms with Crippen LogP contribution in [0.4, 0.5) is 5.69 Å². The van der Waals surface area contributed by atoms with E-state index in [2.05, 4.69) is 43.1 Å². The summed E-state index contributed by atoms with van der Waals surface area (Å²) in [6.45, 7) is 3.56. The first-order valence-corrected chi connectivity index (χ1v) is 8.47. The Labute approximate surface area is 140 Å². The van der Waals surface area contributed by atoms with Crippen LogP contribution in [0.25, 0.3) is 0 Å². The minimum atomic E-state index is 0.159. The quantitative estimate of drug-likeness (QED) is 0.698. The molecule has 3 heteroatoms. The molecule has 124 valence electrons. The number of nitrogens with two attached hydrogens (primary N) is 1. The second-order valence-corrected chi connectivity index (χ2v) is 5.82. The first-order valence-electron chi connectivity index (χ1n) is 8.47. The zero-order valence-electron chi connectivity index (χ0n) is 14.2. The normalized spacial score (nSPS) is 12.0. The lowest BCUT2D eigenvalue weighted by Gasteiger charge is -2.29. The van der Waals surface area contributed by atoms with Crippen LogP contribution in [-0.4, -0.2) is 20.2 Å². The lowest BCUT2D eigenvalue weighted by atomic mass is 10.0. The summed E-state index contributed by atoms with van der Waals surface area (Å²) in [6.07, 6.45) is 3.54. The fourth-order valence-corrected chi connectivity index (χ4v) is 2.69. The number of hydrogen-bond donors (Lipinski definition) is 1. The van der Waals surface area contributed by atoms with Crippen LogP contribution >= 0.6 is 0 Å². The van der Waals surface area contributed by atoms with E-state index < -0.39 is 0 Å². The predicted molar refractivity (Wildman–Crippen MR) is 98.1 cm³/mol. The van der Waals surface area contributed by atoms with Gasteiger partial charge in [-0.05, 0) is 36.2 Å². The third-order valence-corrected chi connectivity index (χ3v) is 4.14. The second kappa shape index (κ2) is 9.21. The fourth-order valence-electron chi connectivity index (χ4n) is 2.69. The van der Waals surface area contributed by atoms with Gasteiger partial charge in [-0.1, -0.05) is 50.1 Å². The van der Waals surface area contributed by atoms with Crippen molar-refractivity contribution >= 4 is 5.69 Å². The highest BCUT2D eigenvalue weighted by atomic mass is 16.5. The van der Waals surface area contributed by atoms with Gasteiger partial charge in [0.2, 0.25) is 0 Å². The van der Waals surface area contributed by atoms with Crippen LogP contribution < -0.4 is 15.4 Å². The van der Waals surface area contributed by atoms with Crippen molar-refractivity contribution in [3.05, 3.63) is 60.2 Å². The molecular weight excluding hydrogens is 284 g/mol. The highest BCUT2D eigenvalue weighted by Crippen LogP contribution is 2.26. The Morgan fingerprint density at radius 3 is 2.30 bits per heavy atom. The number of hydrogen-bond acceptors (Lipinski definition) is 3. The molecule has 2 aromatic rings. The zero-order chi connectivity index (χ0) is 16.5. The van der Waals surface area contributed by atoms with Gasteiger partial charge in [-0.15, -0.1) is 0 Å². The van der Waals surface area contributed by atoms with E-state index in [0.29, 0.717) is 6.54 Å². The van der Waals surface area contributed by atoms with Crippen molar-refractivity contribution in [1.82, 2.24) is 0 Å². The van der Waals surface area contributed by atoms with E-state index in [1.165, 1.54) is 24.1 Å². The van der Waals surface area contributed by atoms with Gasteiger partial charge < -0.3 is 15.4 Å². The van der Waals surface area contributed by atoms with E-state index in [0.717, 1.165) is 18.8 Å². The molecule has 0 saturated heterocycles. The molecule has 2 rings (SSSR count). The summed E-state index contributed by atoms with van der Waals surface area (Å²) < 4.78 is 5.78. The molecule has 0 radical (unpaired) electrons. The molecule has 0 aliphatic carbocycles. The maximum absolute atomic E-state index is 6.02. The monoisotopic (exact) mass is 312 g/mol. The fraction of sp³-hybridized carbons (Fsp3) is 0.400. The number of ether oxygens (including phenoxy) is 1. The molecule has 3 nitrogen and oxygen atoms in total. The van der Waals surface area contributed by atoms with E-state index in [1.807, 2.05) is 30.3 Å². The highest BCUT2D eigenvalue weighted by Gasteiger charge is 2.15. The molecule has 0 aromatic heterocycles. The Hall–Kier alpha value is -2.00. The Morgan fingerprint density at radius 1 is 1.00 bits per heavy atom. The number of anilines is 1. The largest absolute Gasteiger partial charge is 0.494 e. The molecule has 0 spiro atoms. The number of nitrogens with zero attached hydrogens (tertiary/aromatic N) is 1. The second-order valence-electron chi connectivity index (χ2n) is 5.82. The summed E-state index contributed by atoms with van der Waals surface area (Å²) in [4.78, 5) is 2.22. The van der Waals surface area contributed by atoms with Crippen LogP contribution in [0.5, 0.6) is 5.75 Å². The summed E-state index contributed by atoms with van der Waals surface area (Å²) in [5, 5.41) is 0. The maximum atomic E-state index is 6.02. The molecule has 0 heterocycles. The van der Waals surface area contributed by atoms with Crippen molar-refractivity contribution < 1.29 is 4.74 Å². The van der Waals surface area contributed by atoms with Gasteiger partial charge in [0.25, 0.3) is 0 Å². The topological polar surface area (TPSA) is 38.5 Å². The average molecular weight is 312 g/mol. The van der Waals surface area contributed by atoms with Gasteiger partial charge in [0.15, 0.2) is 0 Å². The molecule has 1 unspecified atom stereocenters. The smallest absolute Gasteiger partial charge is 0.119 e. The predicted octanol–water partition coefficient (Wildman–Crippen LogP) is 4.39. The molecule has 0 aliphatic heterocycles. The summed E-state index contributed by atoms with van der Waals surface area (Å²) in [7, 11) is 2.09. The van der Waals surface area contributed by atoms with Gasteiger partial charge in [-0.25, -0.2) is 0 Å². The first kappa shape index (κ1) is 17.4. The number of para-hydroxylation sites is 1. The van der Waals surface area contributed by atoms with Gasteiger partial charge in [-0.3, -0.25) is 0 Å². The third-order valence-electron chi connectivity index (χ3n) is 4.14. The van der Waals surface area contributed by atoms with Crippen molar-refractivity contribution in [2.45, 2.75) is 32.2 Å². The van der Waals surface area contributed by atoms with E-state index in [4.69, 9.17) is 10.5 Å². The van der Waals surface area contributed by atoms with E-state index in [1.54, 1.807) is 0 Å². The van der Waals surface area contributed by atoms with Crippen LogP contribution in [0.15, 0.2) is 54.6 Å². The SMILES string of the molecule is CCCCCOc1ccc(C(CN)N(C)c2ccccc2)cc1. The molecule has 0 saturated carbocycles. The highest BCUT2D eigenvalue weighted by molar-refractivity contribution is 5.48. The third kappa shape index (κ3) is 5.00. The molecule has 23 heavy (non-hydrogen) atoms. The van der Waals surface area contributed by atoms with E-state index in [9.17, 15) is 0 Å². The van der Waals surface area contributed by atoms with Crippen LogP contribution in [0.1, 0.15) is 37.8 Å². The summed E-state index contributed by atoms with van der Waals surface area (Å²) in [6, 6.07) is 18.8. The van der Waals surface area contributed by atoms with Gasteiger partial charge in [0, 0.05) is 19.3 Å². The van der Waals surface area contributed by atoms with E-state index in [-0.39, 0.29) is 6.04 Å². The molecule has 0 amide bonds. The Kier molecular flexibility index (Phi) is 6.95. The van der Waals surface area contributed by atoms with Crippen molar-refractivity contribution in [2.24, 2.45) is 5.73 Å². The van der Waals surface area contributed by atoms with Crippen LogP contribution in [0.3, 0.4) is 0 Å². The van der Waals surface area contributed by atoms with Gasteiger partial charge in [-0.2, -0.15) is 0 Å². The molecule has 0 fully saturated rings. The first-order chi connectivity index (χ1) is 11.3. The molecule has 0 bridgehead atoms. The maximum Gasteiger partial charge on any atom is 0.119 e. The number of unbranched alkanes of at least 4 members (excludes halogenated alkanes) is 2. The molecule has 1 atom stereocenters.